The van der Waals surface area contributed by atoms with Gasteiger partial charge in [0.05, 0.1) is 12.2 Å². The van der Waals surface area contributed by atoms with E-state index in [1.807, 2.05) is 0 Å². The minimum absolute atomic E-state index is 0.214. The Kier molecular flexibility index (Phi) is 2.05. The maximum Gasteiger partial charge on any atom is 0.0949 e. The third-order valence-corrected chi connectivity index (χ3v) is 1.87. The lowest BCUT2D eigenvalue weighted by Gasteiger charge is -2.28. The van der Waals surface area contributed by atoms with Crippen LogP contribution in [0.3, 0.4) is 0 Å². The average Bonchev–Trinajstić information content (AvgIpc) is 1.83. The van der Waals surface area contributed by atoms with Crippen molar-refractivity contribution in [2.24, 2.45) is 5.73 Å². The first kappa shape index (κ1) is 6.99. The van der Waals surface area contributed by atoms with Crippen LogP contribution in [0.25, 0.3) is 0 Å². The molecule has 3 heteroatoms. The van der Waals surface area contributed by atoms with E-state index in [1.54, 1.807) is 0 Å². The predicted molar refractivity (Wildman–Crippen MR) is 33.8 cm³/mol. The standard InChI is InChI=1S/C6H13NO2/c7-4-2-1-3-5(8)6(4)9/h4-6,8-9H,1-3,7H2/t4-,5?,6?/m0/s1. The first-order valence-corrected chi connectivity index (χ1v) is 3.33. The van der Waals surface area contributed by atoms with Crippen molar-refractivity contribution in [3.8, 4) is 0 Å². The number of aliphatic hydroxyl groups excluding tert-OH is 2. The van der Waals surface area contributed by atoms with Crippen LogP contribution >= 0.6 is 0 Å². The van der Waals surface area contributed by atoms with Crippen molar-refractivity contribution in [1.29, 1.82) is 0 Å². The molecule has 0 radical (unpaired) electrons. The van der Waals surface area contributed by atoms with E-state index >= 15 is 0 Å². The molecule has 1 fully saturated rings. The third-order valence-electron chi connectivity index (χ3n) is 1.87. The van der Waals surface area contributed by atoms with Gasteiger partial charge in [-0.3, -0.25) is 0 Å². The molecular formula is C6H13NO2. The maximum absolute atomic E-state index is 9.07. The van der Waals surface area contributed by atoms with Gasteiger partial charge in [0.1, 0.15) is 0 Å². The van der Waals surface area contributed by atoms with E-state index in [1.165, 1.54) is 0 Å². The third kappa shape index (κ3) is 1.41. The minimum atomic E-state index is -0.696. The van der Waals surface area contributed by atoms with Gasteiger partial charge < -0.3 is 15.9 Å². The highest BCUT2D eigenvalue weighted by molar-refractivity contribution is 4.83. The van der Waals surface area contributed by atoms with Crippen LogP contribution in [0.5, 0.6) is 0 Å². The van der Waals surface area contributed by atoms with E-state index in [0.717, 1.165) is 12.8 Å². The number of aliphatic hydroxyl groups is 2. The molecule has 0 bridgehead atoms. The van der Waals surface area contributed by atoms with Crippen LogP contribution in [0.4, 0.5) is 0 Å². The summed E-state index contributed by atoms with van der Waals surface area (Å²) < 4.78 is 0. The Bertz CT molecular complexity index is 87.1. The Morgan fingerprint density at radius 3 is 2.33 bits per heavy atom. The molecule has 3 nitrogen and oxygen atoms in total. The topological polar surface area (TPSA) is 66.5 Å². The molecule has 0 aliphatic heterocycles. The number of nitrogens with two attached hydrogens (primary N) is 1. The summed E-state index contributed by atoms with van der Waals surface area (Å²) in [6.07, 6.45) is 1.17. The molecule has 1 rings (SSSR count). The quantitative estimate of drug-likeness (QED) is 0.404. The average molecular weight is 131 g/mol. The molecule has 0 amide bonds. The van der Waals surface area contributed by atoms with Gasteiger partial charge in [-0.15, -0.1) is 0 Å². The first-order chi connectivity index (χ1) is 4.22. The molecule has 54 valence electrons. The lowest BCUT2D eigenvalue weighted by atomic mass is 9.91. The van der Waals surface area contributed by atoms with Crippen LogP contribution in [-0.2, 0) is 0 Å². The smallest absolute Gasteiger partial charge is 0.0949 e. The zero-order chi connectivity index (χ0) is 6.85. The summed E-state index contributed by atoms with van der Waals surface area (Å²) in [5.41, 5.74) is 5.46. The molecule has 0 saturated heterocycles. The summed E-state index contributed by atoms with van der Waals surface area (Å²) in [7, 11) is 0. The molecule has 0 spiro atoms. The van der Waals surface area contributed by atoms with Crippen LogP contribution in [0.1, 0.15) is 19.3 Å². The van der Waals surface area contributed by atoms with Gasteiger partial charge in [0.2, 0.25) is 0 Å². The second kappa shape index (κ2) is 2.64. The molecule has 0 aromatic heterocycles. The fourth-order valence-electron chi connectivity index (χ4n) is 1.19. The van der Waals surface area contributed by atoms with E-state index < -0.39 is 12.2 Å². The SMILES string of the molecule is N[C@H]1CCCC(O)C1O. The predicted octanol–water partition coefficient (Wildman–Crippen LogP) is -0.781. The van der Waals surface area contributed by atoms with Gasteiger partial charge in [-0.25, -0.2) is 0 Å². The highest BCUT2D eigenvalue weighted by Crippen LogP contribution is 2.16. The number of hydrogen-bond acceptors (Lipinski definition) is 3. The first-order valence-electron chi connectivity index (χ1n) is 3.33. The molecule has 9 heavy (non-hydrogen) atoms. The van der Waals surface area contributed by atoms with Gasteiger partial charge in [-0.1, -0.05) is 0 Å². The minimum Gasteiger partial charge on any atom is -0.390 e. The summed E-state index contributed by atoms with van der Waals surface area (Å²) in [5, 5.41) is 18.1. The Balaban J connectivity index is 2.41. The van der Waals surface area contributed by atoms with E-state index in [0.29, 0.717) is 6.42 Å². The second-order valence-electron chi connectivity index (χ2n) is 2.65. The Labute approximate surface area is 54.5 Å². The fraction of sp³-hybridized carbons (Fsp3) is 1.00. The zero-order valence-electron chi connectivity index (χ0n) is 5.33. The van der Waals surface area contributed by atoms with Crippen LogP contribution in [0.2, 0.25) is 0 Å². The fourth-order valence-corrected chi connectivity index (χ4v) is 1.19. The molecule has 2 unspecified atom stereocenters. The van der Waals surface area contributed by atoms with Crippen molar-refractivity contribution in [3.63, 3.8) is 0 Å². The van der Waals surface area contributed by atoms with Crippen LogP contribution in [0, 0.1) is 0 Å². The van der Waals surface area contributed by atoms with Crippen LogP contribution in [0.15, 0.2) is 0 Å². The lowest BCUT2D eigenvalue weighted by molar-refractivity contribution is -0.0205. The summed E-state index contributed by atoms with van der Waals surface area (Å²) in [6, 6.07) is -0.214. The van der Waals surface area contributed by atoms with E-state index in [2.05, 4.69) is 0 Å². The van der Waals surface area contributed by atoms with Crippen LogP contribution in [-0.4, -0.2) is 28.5 Å². The van der Waals surface area contributed by atoms with Gasteiger partial charge in [0.25, 0.3) is 0 Å². The maximum atomic E-state index is 9.07. The van der Waals surface area contributed by atoms with Crippen molar-refractivity contribution in [2.75, 3.05) is 0 Å². The highest BCUT2D eigenvalue weighted by Gasteiger charge is 2.26. The summed E-state index contributed by atoms with van der Waals surface area (Å²) >= 11 is 0. The molecule has 3 atom stereocenters. The van der Waals surface area contributed by atoms with Crippen molar-refractivity contribution in [1.82, 2.24) is 0 Å². The van der Waals surface area contributed by atoms with Crippen molar-refractivity contribution in [3.05, 3.63) is 0 Å². The van der Waals surface area contributed by atoms with Crippen molar-refractivity contribution < 1.29 is 10.2 Å². The largest absolute Gasteiger partial charge is 0.390 e. The zero-order valence-corrected chi connectivity index (χ0v) is 5.33. The van der Waals surface area contributed by atoms with Gasteiger partial charge in [-0.05, 0) is 19.3 Å². The molecule has 4 N–H and O–H groups in total. The van der Waals surface area contributed by atoms with Crippen molar-refractivity contribution >= 4 is 0 Å². The molecule has 0 aromatic carbocycles. The van der Waals surface area contributed by atoms with Crippen LogP contribution < -0.4 is 5.73 Å². The molecule has 0 aromatic rings. The Hall–Kier alpha value is -0.120. The Morgan fingerprint density at radius 1 is 1.22 bits per heavy atom. The monoisotopic (exact) mass is 131 g/mol. The van der Waals surface area contributed by atoms with E-state index in [9.17, 15) is 0 Å². The van der Waals surface area contributed by atoms with Gasteiger partial charge >= 0.3 is 0 Å². The van der Waals surface area contributed by atoms with E-state index in [-0.39, 0.29) is 6.04 Å². The Morgan fingerprint density at radius 2 is 1.89 bits per heavy atom. The number of rotatable bonds is 0. The van der Waals surface area contributed by atoms with Gasteiger partial charge in [0, 0.05) is 6.04 Å². The normalized spacial score (nSPS) is 45.0. The molecule has 1 aliphatic rings. The summed E-state index contributed by atoms with van der Waals surface area (Å²) in [5.74, 6) is 0. The molecule has 1 saturated carbocycles. The highest BCUT2D eigenvalue weighted by atomic mass is 16.3. The van der Waals surface area contributed by atoms with Gasteiger partial charge in [-0.2, -0.15) is 0 Å². The van der Waals surface area contributed by atoms with Crippen molar-refractivity contribution in [2.45, 2.75) is 37.5 Å². The summed E-state index contributed by atoms with van der Waals surface area (Å²) in [4.78, 5) is 0. The lowest BCUT2D eigenvalue weighted by Crippen LogP contribution is -2.46. The molecule has 1 aliphatic carbocycles. The van der Waals surface area contributed by atoms with Gasteiger partial charge in [0.15, 0.2) is 0 Å². The number of hydrogen-bond donors (Lipinski definition) is 3. The summed E-state index contributed by atoms with van der Waals surface area (Å²) in [6.45, 7) is 0. The molecule has 0 heterocycles. The molecular weight excluding hydrogens is 118 g/mol. The van der Waals surface area contributed by atoms with E-state index in [4.69, 9.17) is 15.9 Å². The second-order valence-corrected chi connectivity index (χ2v) is 2.65.